The number of hydrogen-bond donors (Lipinski definition) is 0. The summed E-state index contributed by atoms with van der Waals surface area (Å²) < 4.78 is 39.8. The second kappa shape index (κ2) is 6.22. The summed E-state index contributed by atoms with van der Waals surface area (Å²) in [6.07, 6.45) is -2.55. The van der Waals surface area contributed by atoms with Gasteiger partial charge in [0.05, 0.1) is 10.2 Å². The van der Waals surface area contributed by atoms with Crippen LogP contribution in [0.25, 0.3) is 0 Å². The summed E-state index contributed by atoms with van der Waals surface area (Å²) in [4.78, 5) is 14.3. The monoisotopic (exact) mass is 381 g/mol. The van der Waals surface area contributed by atoms with Gasteiger partial charge in [-0.2, -0.15) is 18.3 Å². The van der Waals surface area contributed by atoms with E-state index < -0.39 is 17.9 Å². The van der Waals surface area contributed by atoms with Gasteiger partial charge in [-0.25, -0.2) is 0 Å². The maximum Gasteiger partial charge on any atom is 0.436 e. The molecule has 2 rings (SSSR count). The number of carbonyl (C=O) groups excluding carboxylic acids is 1. The molecule has 0 unspecified atom stereocenters. The molecule has 124 valence electrons. The minimum atomic E-state index is -4.54. The molecule has 1 saturated heterocycles. The Morgan fingerprint density at radius 2 is 2.09 bits per heavy atom. The third kappa shape index (κ3) is 3.31. The fourth-order valence-electron chi connectivity index (χ4n) is 2.82. The SMILES string of the molecule is Cc1c(Br)c(C(F)(F)F)nn1[C@@H](C)C(=O)N1CCC[C@@H](C)C1. The predicted molar refractivity (Wildman–Crippen MR) is 79.4 cm³/mol. The van der Waals surface area contributed by atoms with Gasteiger partial charge in [-0.15, -0.1) is 0 Å². The van der Waals surface area contributed by atoms with Crippen molar-refractivity contribution >= 4 is 21.8 Å². The highest BCUT2D eigenvalue weighted by Crippen LogP contribution is 2.36. The molecule has 4 nitrogen and oxygen atoms in total. The van der Waals surface area contributed by atoms with E-state index in [1.165, 1.54) is 6.92 Å². The van der Waals surface area contributed by atoms with Crippen LogP contribution in [0.2, 0.25) is 0 Å². The van der Waals surface area contributed by atoms with Gasteiger partial charge in [-0.3, -0.25) is 9.48 Å². The summed E-state index contributed by atoms with van der Waals surface area (Å²) in [5.74, 6) is 0.236. The highest BCUT2D eigenvalue weighted by molar-refractivity contribution is 9.10. The Hall–Kier alpha value is -1.05. The van der Waals surface area contributed by atoms with Crippen LogP contribution in [-0.2, 0) is 11.0 Å². The number of halogens is 4. The van der Waals surface area contributed by atoms with E-state index in [-0.39, 0.29) is 10.4 Å². The van der Waals surface area contributed by atoms with E-state index in [2.05, 4.69) is 28.0 Å². The van der Waals surface area contributed by atoms with Gasteiger partial charge in [0.1, 0.15) is 6.04 Å². The van der Waals surface area contributed by atoms with Crippen molar-refractivity contribution < 1.29 is 18.0 Å². The largest absolute Gasteiger partial charge is 0.436 e. The minimum absolute atomic E-state index is 0.105. The topological polar surface area (TPSA) is 38.1 Å². The molecule has 1 fully saturated rings. The lowest BCUT2D eigenvalue weighted by Gasteiger charge is -2.33. The molecule has 0 N–H and O–H groups in total. The Balaban J connectivity index is 2.26. The van der Waals surface area contributed by atoms with Gasteiger partial charge in [0, 0.05) is 13.1 Å². The van der Waals surface area contributed by atoms with Crippen molar-refractivity contribution in [2.24, 2.45) is 5.92 Å². The van der Waals surface area contributed by atoms with Crippen molar-refractivity contribution in [1.29, 1.82) is 0 Å². The van der Waals surface area contributed by atoms with Crippen LogP contribution < -0.4 is 0 Å². The van der Waals surface area contributed by atoms with Crippen molar-refractivity contribution in [3.05, 3.63) is 15.9 Å². The van der Waals surface area contributed by atoms with Crippen LogP contribution in [0.5, 0.6) is 0 Å². The van der Waals surface area contributed by atoms with Gasteiger partial charge in [-0.05, 0) is 48.5 Å². The molecule has 0 bridgehead atoms. The van der Waals surface area contributed by atoms with E-state index in [0.717, 1.165) is 17.5 Å². The molecule has 8 heteroatoms. The standard InChI is InChI=1S/C14H19BrF3N3O/c1-8-5-4-6-20(7-8)13(22)10(3)21-9(2)11(15)12(19-21)14(16,17)18/h8,10H,4-7H2,1-3H3/t8-,10+/m1/s1. The number of aromatic nitrogens is 2. The average molecular weight is 382 g/mol. The molecule has 0 spiro atoms. The summed E-state index contributed by atoms with van der Waals surface area (Å²) in [7, 11) is 0. The number of alkyl halides is 3. The summed E-state index contributed by atoms with van der Waals surface area (Å²) >= 11 is 2.93. The van der Waals surface area contributed by atoms with E-state index >= 15 is 0 Å². The molecule has 2 heterocycles. The third-order valence-electron chi connectivity index (χ3n) is 4.04. The highest BCUT2D eigenvalue weighted by atomic mass is 79.9. The molecule has 2 atom stereocenters. The quantitative estimate of drug-likeness (QED) is 0.781. The van der Waals surface area contributed by atoms with Crippen LogP contribution in [-0.4, -0.2) is 33.7 Å². The Labute approximate surface area is 135 Å². The zero-order chi connectivity index (χ0) is 16.7. The number of nitrogens with zero attached hydrogens (tertiary/aromatic N) is 3. The molecule has 1 aromatic heterocycles. The highest BCUT2D eigenvalue weighted by Gasteiger charge is 2.39. The number of carbonyl (C=O) groups is 1. The Kier molecular flexibility index (Phi) is 4.89. The van der Waals surface area contributed by atoms with Crippen LogP contribution >= 0.6 is 15.9 Å². The molecule has 1 aliphatic heterocycles. The number of amides is 1. The Morgan fingerprint density at radius 3 is 2.59 bits per heavy atom. The second-order valence-corrected chi connectivity index (χ2v) is 6.69. The fraction of sp³-hybridized carbons (Fsp3) is 0.714. The number of rotatable bonds is 2. The first-order chi connectivity index (χ1) is 10.1. The molecule has 1 aromatic rings. The number of likely N-dealkylation sites (tertiary alicyclic amines) is 1. The zero-order valence-electron chi connectivity index (χ0n) is 12.7. The van der Waals surface area contributed by atoms with Crippen molar-refractivity contribution in [2.45, 2.75) is 45.8 Å². The molecular weight excluding hydrogens is 363 g/mol. The van der Waals surface area contributed by atoms with Gasteiger partial charge in [0.15, 0.2) is 5.69 Å². The predicted octanol–water partition coefficient (Wildman–Crippen LogP) is 3.79. The van der Waals surface area contributed by atoms with Gasteiger partial charge < -0.3 is 4.90 Å². The van der Waals surface area contributed by atoms with E-state index in [1.807, 2.05) is 0 Å². The van der Waals surface area contributed by atoms with E-state index in [4.69, 9.17) is 0 Å². The summed E-state index contributed by atoms with van der Waals surface area (Å²) in [6, 6.07) is -0.752. The van der Waals surface area contributed by atoms with E-state index in [1.54, 1.807) is 11.8 Å². The van der Waals surface area contributed by atoms with Gasteiger partial charge in [0.25, 0.3) is 0 Å². The number of piperidine rings is 1. The first-order valence-electron chi connectivity index (χ1n) is 7.23. The molecule has 0 aromatic carbocycles. The van der Waals surface area contributed by atoms with E-state index in [9.17, 15) is 18.0 Å². The maximum absolute atomic E-state index is 12.9. The average Bonchev–Trinajstić information content (AvgIpc) is 2.73. The molecule has 0 saturated carbocycles. The van der Waals surface area contributed by atoms with Crippen LogP contribution in [0.4, 0.5) is 13.2 Å². The minimum Gasteiger partial charge on any atom is -0.341 e. The molecular formula is C14H19BrF3N3O. The fourth-order valence-corrected chi connectivity index (χ4v) is 3.30. The van der Waals surface area contributed by atoms with Crippen LogP contribution in [0.3, 0.4) is 0 Å². The molecule has 0 aliphatic carbocycles. The first-order valence-corrected chi connectivity index (χ1v) is 8.02. The maximum atomic E-state index is 12.9. The zero-order valence-corrected chi connectivity index (χ0v) is 14.3. The first kappa shape index (κ1) is 17.3. The van der Waals surface area contributed by atoms with Crippen LogP contribution in [0.1, 0.15) is 44.1 Å². The van der Waals surface area contributed by atoms with Crippen molar-refractivity contribution in [1.82, 2.24) is 14.7 Å². The lowest BCUT2D eigenvalue weighted by Crippen LogP contribution is -2.42. The van der Waals surface area contributed by atoms with Gasteiger partial charge >= 0.3 is 6.18 Å². The van der Waals surface area contributed by atoms with Gasteiger partial charge in [0.2, 0.25) is 5.91 Å². The van der Waals surface area contributed by atoms with Crippen molar-refractivity contribution in [3.63, 3.8) is 0 Å². The third-order valence-corrected chi connectivity index (χ3v) is 4.99. The summed E-state index contributed by atoms with van der Waals surface area (Å²) in [5, 5.41) is 3.61. The molecule has 22 heavy (non-hydrogen) atoms. The van der Waals surface area contributed by atoms with Crippen molar-refractivity contribution in [2.75, 3.05) is 13.1 Å². The summed E-state index contributed by atoms with van der Waals surface area (Å²) in [5.41, 5.74) is -0.685. The number of hydrogen-bond acceptors (Lipinski definition) is 2. The normalized spacial score (nSPS) is 21.0. The molecule has 0 radical (unpaired) electrons. The van der Waals surface area contributed by atoms with Crippen LogP contribution in [0.15, 0.2) is 4.47 Å². The smallest absolute Gasteiger partial charge is 0.341 e. The lowest BCUT2D eigenvalue weighted by atomic mass is 10.00. The second-order valence-electron chi connectivity index (χ2n) is 5.90. The summed E-state index contributed by atoms with van der Waals surface area (Å²) in [6.45, 7) is 6.49. The van der Waals surface area contributed by atoms with Crippen LogP contribution in [0, 0.1) is 12.8 Å². The molecule has 1 aliphatic rings. The Morgan fingerprint density at radius 1 is 1.45 bits per heavy atom. The van der Waals surface area contributed by atoms with E-state index in [0.29, 0.717) is 24.7 Å². The molecule has 1 amide bonds. The Bertz CT molecular complexity index is 570. The lowest BCUT2D eigenvalue weighted by molar-refractivity contribution is -0.143. The van der Waals surface area contributed by atoms with Crippen molar-refractivity contribution in [3.8, 4) is 0 Å². The van der Waals surface area contributed by atoms with Gasteiger partial charge in [-0.1, -0.05) is 6.92 Å².